The van der Waals surface area contributed by atoms with Gasteiger partial charge in [0, 0.05) is 36.4 Å². The van der Waals surface area contributed by atoms with Crippen LogP contribution in [0.4, 0.5) is 0 Å². The molecule has 2 unspecified atom stereocenters. The highest BCUT2D eigenvalue weighted by molar-refractivity contribution is 14.0. The van der Waals surface area contributed by atoms with Gasteiger partial charge in [-0.1, -0.05) is 25.1 Å². The number of nitrogens with zero attached hydrogens (tertiary/aromatic N) is 1. The highest BCUT2D eigenvalue weighted by Gasteiger charge is 2.15. The van der Waals surface area contributed by atoms with E-state index in [0.717, 1.165) is 58.3 Å². The predicted molar refractivity (Wildman–Crippen MR) is 121 cm³/mol. The largest absolute Gasteiger partial charge is 0.379 e. The van der Waals surface area contributed by atoms with Crippen molar-refractivity contribution in [3.05, 3.63) is 30.3 Å². The van der Waals surface area contributed by atoms with E-state index in [0.29, 0.717) is 5.25 Å². The van der Waals surface area contributed by atoms with Crippen molar-refractivity contribution in [3.63, 3.8) is 0 Å². The zero-order chi connectivity index (χ0) is 17.7. The van der Waals surface area contributed by atoms with Gasteiger partial charge in [0.1, 0.15) is 0 Å². The summed E-state index contributed by atoms with van der Waals surface area (Å²) in [5.41, 5.74) is 0. The number of hydrogen-bond donors (Lipinski definition) is 2. The van der Waals surface area contributed by atoms with E-state index in [1.807, 2.05) is 17.8 Å². The van der Waals surface area contributed by atoms with Gasteiger partial charge in [0.25, 0.3) is 0 Å². The molecule has 148 valence electrons. The predicted octanol–water partition coefficient (Wildman–Crippen LogP) is 3.54. The fraction of sp³-hybridized carbons (Fsp3) is 0.632. The van der Waals surface area contributed by atoms with Gasteiger partial charge in [0.05, 0.1) is 19.3 Å². The molecule has 1 saturated heterocycles. The molecule has 5 nitrogen and oxygen atoms in total. The number of benzene rings is 1. The summed E-state index contributed by atoms with van der Waals surface area (Å²) in [5, 5.41) is 7.12. The molecule has 0 spiro atoms. The summed E-state index contributed by atoms with van der Waals surface area (Å²) in [6, 6.07) is 10.5. The summed E-state index contributed by atoms with van der Waals surface area (Å²) >= 11 is 1.86. The lowest BCUT2D eigenvalue weighted by Gasteiger charge is -2.14. The molecule has 2 N–H and O–H groups in total. The third-order valence-corrected chi connectivity index (χ3v) is 4.88. The van der Waals surface area contributed by atoms with E-state index in [1.54, 1.807) is 0 Å². The van der Waals surface area contributed by atoms with Crippen molar-refractivity contribution in [2.45, 2.75) is 42.9 Å². The molecule has 1 aliphatic rings. The first-order valence-corrected chi connectivity index (χ1v) is 10.1. The maximum Gasteiger partial charge on any atom is 0.191 e. The molecule has 0 saturated carbocycles. The first-order valence-electron chi connectivity index (χ1n) is 9.21. The topological polar surface area (TPSA) is 54.9 Å². The summed E-state index contributed by atoms with van der Waals surface area (Å²) in [6.45, 7) is 9.14. The minimum absolute atomic E-state index is 0. The highest BCUT2D eigenvalue weighted by atomic mass is 127. The average molecular weight is 493 g/mol. The molecule has 0 amide bonds. The third-order valence-electron chi connectivity index (χ3n) is 3.79. The molecule has 0 radical (unpaired) electrons. The Balaban J connectivity index is 0.00000338. The lowest BCUT2D eigenvalue weighted by molar-refractivity contribution is 0.0420. The van der Waals surface area contributed by atoms with E-state index >= 15 is 0 Å². The first-order chi connectivity index (χ1) is 12.3. The van der Waals surface area contributed by atoms with Crippen LogP contribution in [0.1, 0.15) is 26.7 Å². The van der Waals surface area contributed by atoms with Crippen LogP contribution in [0, 0.1) is 0 Å². The number of ether oxygens (including phenoxy) is 2. The molecule has 1 fully saturated rings. The van der Waals surface area contributed by atoms with Gasteiger partial charge in [0.2, 0.25) is 0 Å². The molecule has 0 aromatic heterocycles. The number of halogens is 1. The minimum Gasteiger partial charge on any atom is -0.379 e. The Morgan fingerprint density at radius 2 is 2.15 bits per heavy atom. The van der Waals surface area contributed by atoms with Crippen LogP contribution in [0.5, 0.6) is 0 Å². The molecule has 7 heteroatoms. The molecular weight excluding hydrogens is 461 g/mol. The van der Waals surface area contributed by atoms with Gasteiger partial charge in [-0.2, -0.15) is 0 Å². The van der Waals surface area contributed by atoms with Crippen LogP contribution >= 0.6 is 35.7 Å². The normalized spacial score (nSPS) is 18.2. The minimum atomic E-state index is 0. The fourth-order valence-corrected chi connectivity index (χ4v) is 3.43. The van der Waals surface area contributed by atoms with Gasteiger partial charge in [0.15, 0.2) is 5.96 Å². The second-order valence-corrected chi connectivity index (χ2v) is 7.61. The van der Waals surface area contributed by atoms with Gasteiger partial charge in [-0.15, -0.1) is 35.7 Å². The van der Waals surface area contributed by atoms with Crippen molar-refractivity contribution in [1.82, 2.24) is 10.6 Å². The molecule has 2 atom stereocenters. The van der Waals surface area contributed by atoms with Crippen LogP contribution in [0.25, 0.3) is 0 Å². The van der Waals surface area contributed by atoms with E-state index in [-0.39, 0.29) is 30.1 Å². The Hall–Kier alpha value is -0.510. The Labute approximate surface area is 179 Å². The number of rotatable bonds is 10. The smallest absolute Gasteiger partial charge is 0.191 e. The number of aliphatic imine (C=N–C) groups is 1. The summed E-state index contributed by atoms with van der Waals surface area (Å²) in [7, 11) is 0. The van der Waals surface area contributed by atoms with E-state index in [2.05, 4.69) is 48.7 Å². The van der Waals surface area contributed by atoms with Gasteiger partial charge in [-0.05, 0) is 31.9 Å². The standard InChI is InChI=1S/C19H31N3O2S.HI/c1-3-20-19(21-11-7-12-24-17-10-13-23-15-17)22-14-16(2)25-18-8-5-4-6-9-18;/h4-6,8-9,16-17H,3,7,10-15H2,1-2H3,(H2,20,21,22);1H. The fourth-order valence-electron chi connectivity index (χ4n) is 2.50. The maximum absolute atomic E-state index is 5.78. The molecule has 0 aliphatic carbocycles. The zero-order valence-electron chi connectivity index (χ0n) is 15.8. The summed E-state index contributed by atoms with van der Waals surface area (Å²) in [4.78, 5) is 5.99. The second kappa shape index (κ2) is 14.5. The SMILES string of the molecule is CCNC(=NCC(C)Sc1ccccc1)NCCCOC1CCOC1.I. The third kappa shape index (κ3) is 9.99. The Morgan fingerprint density at radius 3 is 2.85 bits per heavy atom. The van der Waals surface area contributed by atoms with Crippen LogP contribution in [-0.4, -0.2) is 56.8 Å². The first kappa shape index (κ1) is 23.5. The Kier molecular flexibility index (Phi) is 13.2. The van der Waals surface area contributed by atoms with Crippen molar-refractivity contribution in [2.24, 2.45) is 4.99 Å². The molecule has 1 aromatic rings. The van der Waals surface area contributed by atoms with Crippen LogP contribution in [0.3, 0.4) is 0 Å². The summed E-state index contributed by atoms with van der Waals surface area (Å²) in [5.74, 6) is 0.882. The molecule has 2 rings (SSSR count). The average Bonchev–Trinajstić information content (AvgIpc) is 3.13. The van der Waals surface area contributed by atoms with Crippen LogP contribution in [-0.2, 0) is 9.47 Å². The van der Waals surface area contributed by atoms with E-state index in [4.69, 9.17) is 14.5 Å². The van der Waals surface area contributed by atoms with E-state index in [1.165, 1.54) is 4.90 Å². The van der Waals surface area contributed by atoms with Crippen LogP contribution in [0.2, 0.25) is 0 Å². The number of nitrogens with one attached hydrogen (secondary N) is 2. The molecule has 26 heavy (non-hydrogen) atoms. The van der Waals surface area contributed by atoms with Crippen molar-refractivity contribution in [1.29, 1.82) is 0 Å². The molecule has 1 aliphatic heterocycles. The maximum atomic E-state index is 5.78. The quantitative estimate of drug-likeness (QED) is 0.172. The van der Waals surface area contributed by atoms with Crippen molar-refractivity contribution < 1.29 is 9.47 Å². The molecule has 1 heterocycles. The summed E-state index contributed by atoms with van der Waals surface area (Å²) < 4.78 is 11.1. The van der Waals surface area contributed by atoms with E-state index < -0.39 is 0 Å². The Bertz CT molecular complexity index is 499. The molecule has 1 aromatic carbocycles. The van der Waals surface area contributed by atoms with Crippen LogP contribution < -0.4 is 10.6 Å². The van der Waals surface area contributed by atoms with Crippen molar-refractivity contribution in [2.75, 3.05) is 39.5 Å². The Morgan fingerprint density at radius 1 is 1.35 bits per heavy atom. The zero-order valence-corrected chi connectivity index (χ0v) is 18.9. The van der Waals surface area contributed by atoms with Crippen molar-refractivity contribution >= 4 is 41.7 Å². The lowest BCUT2D eigenvalue weighted by atomic mass is 10.3. The van der Waals surface area contributed by atoms with E-state index in [9.17, 15) is 0 Å². The van der Waals surface area contributed by atoms with Gasteiger partial charge in [-0.3, -0.25) is 4.99 Å². The van der Waals surface area contributed by atoms with Gasteiger partial charge in [-0.25, -0.2) is 0 Å². The number of hydrogen-bond acceptors (Lipinski definition) is 4. The van der Waals surface area contributed by atoms with Crippen LogP contribution in [0.15, 0.2) is 40.2 Å². The second-order valence-electron chi connectivity index (χ2n) is 6.10. The number of guanidine groups is 1. The van der Waals surface area contributed by atoms with Gasteiger partial charge >= 0.3 is 0 Å². The molecule has 0 bridgehead atoms. The number of thioether (sulfide) groups is 1. The molecular formula is C19H32IN3O2S. The van der Waals surface area contributed by atoms with Crippen molar-refractivity contribution in [3.8, 4) is 0 Å². The highest BCUT2D eigenvalue weighted by Crippen LogP contribution is 2.22. The monoisotopic (exact) mass is 493 g/mol. The summed E-state index contributed by atoms with van der Waals surface area (Å²) in [6.07, 6.45) is 2.28. The lowest BCUT2D eigenvalue weighted by Crippen LogP contribution is -2.38. The van der Waals surface area contributed by atoms with Gasteiger partial charge < -0.3 is 20.1 Å².